The van der Waals surface area contributed by atoms with Crippen LogP contribution in [0.5, 0.6) is 0 Å². The van der Waals surface area contributed by atoms with Crippen LogP contribution in [-0.2, 0) is 19.1 Å². The van der Waals surface area contributed by atoms with E-state index in [0.29, 0.717) is 6.42 Å². The topological polar surface area (TPSA) is 102 Å². The standard InChI is InChI=1S/C14H25NO6/c1-6-9(2)7-14(5,8-12(17)18)15-13(19)21-11(4)20-10(3)16/h9,11H,6-8H2,1-5H3,(H,15,19)(H,17,18)/t9-,11-,14+/m1/s1. The lowest BCUT2D eigenvalue weighted by molar-refractivity contribution is -0.162. The lowest BCUT2D eigenvalue weighted by Gasteiger charge is -2.31. The van der Waals surface area contributed by atoms with Crippen LogP contribution in [0.1, 0.15) is 53.9 Å². The number of hydrogen-bond donors (Lipinski definition) is 2. The van der Waals surface area contributed by atoms with Crippen molar-refractivity contribution in [3.8, 4) is 0 Å². The monoisotopic (exact) mass is 303 g/mol. The number of rotatable bonds is 8. The molecule has 0 spiro atoms. The molecule has 7 heteroatoms. The van der Waals surface area contributed by atoms with E-state index >= 15 is 0 Å². The fourth-order valence-corrected chi connectivity index (χ4v) is 2.10. The Bertz CT molecular complexity index is 384. The van der Waals surface area contributed by atoms with Crippen molar-refractivity contribution in [2.24, 2.45) is 5.92 Å². The van der Waals surface area contributed by atoms with Crippen molar-refractivity contribution in [1.29, 1.82) is 0 Å². The zero-order valence-corrected chi connectivity index (χ0v) is 13.3. The van der Waals surface area contributed by atoms with Crippen LogP contribution in [0, 0.1) is 5.92 Å². The molecule has 0 aliphatic heterocycles. The quantitative estimate of drug-likeness (QED) is 0.527. The van der Waals surface area contributed by atoms with Gasteiger partial charge in [0.1, 0.15) is 0 Å². The van der Waals surface area contributed by atoms with E-state index in [1.165, 1.54) is 13.8 Å². The minimum atomic E-state index is -1.03. The van der Waals surface area contributed by atoms with E-state index in [1.807, 2.05) is 13.8 Å². The molecule has 0 bridgehead atoms. The van der Waals surface area contributed by atoms with E-state index in [0.717, 1.165) is 6.42 Å². The first-order chi connectivity index (χ1) is 9.58. The Kier molecular flexibility index (Phi) is 7.76. The van der Waals surface area contributed by atoms with Crippen LogP contribution < -0.4 is 5.32 Å². The molecule has 0 saturated heterocycles. The fraction of sp³-hybridized carbons (Fsp3) is 0.786. The van der Waals surface area contributed by atoms with Crippen LogP contribution in [0.15, 0.2) is 0 Å². The number of hydrogen-bond acceptors (Lipinski definition) is 5. The number of ether oxygens (including phenoxy) is 2. The molecule has 0 rings (SSSR count). The van der Waals surface area contributed by atoms with Crippen LogP contribution in [-0.4, -0.2) is 35.0 Å². The SMILES string of the molecule is CC[C@@H](C)C[C@@](C)(CC(=O)O)NC(=O)O[C@H](C)OC(C)=O. The predicted octanol–water partition coefficient (Wildman–Crippen LogP) is 2.29. The summed E-state index contributed by atoms with van der Waals surface area (Å²) in [6.07, 6.45) is -0.673. The average molecular weight is 303 g/mol. The van der Waals surface area contributed by atoms with Gasteiger partial charge >= 0.3 is 18.0 Å². The molecule has 0 unspecified atom stereocenters. The summed E-state index contributed by atoms with van der Waals surface area (Å²) < 4.78 is 9.55. The van der Waals surface area contributed by atoms with Crippen LogP contribution in [0.3, 0.4) is 0 Å². The third-order valence-electron chi connectivity index (χ3n) is 3.05. The van der Waals surface area contributed by atoms with E-state index < -0.39 is 29.9 Å². The maximum absolute atomic E-state index is 11.8. The smallest absolute Gasteiger partial charge is 0.410 e. The van der Waals surface area contributed by atoms with Gasteiger partial charge in [-0.05, 0) is 19.3 Å². The molecule has 2 N–H and O–H groups in total. The second-order valence-corrected chi connectivity index (χ2v) is 5.56. The molecule has 122 valence electrons. The van der Waals surface area contributed by atoms with Crippen molar-refractivity contribution >= 4 is 18.0 Å². The predicted molar refractivity (Wildman–Crippen MR) is 75.6 cm³/mol. The molecule has 0 aromatic heterocycles. The summed E-state index contributed by atoms with van der Waals surface area (Å²) in [6.45, 7) is 8.24. The van der Waals surface area contributed by atoms with Gasteiger partial charge in [0, 0.05) is 13.8 Å². The van der Waals surface area contributed by atoms with Crippen LogP contribution in [0.4, 0.5) is 4.79 Å². The van der Waals surface area contributed by atoms with Gasteiger partial charge in [0.15, 0.2) is 0 Å². The molecule has 21 heavy (non-hydrogen) atoms. The largest absolute Gasteiger partial charge is 0.481 e. The summed E-state index contributed by atoms with van der Waals surface area (Å²) >= 11 is 0. The molecule has 7 nitrogen and oxygen atoms in total. The Morgan fingerprint density at radius 3 is 2.24 bits per heavy atom. The first-order valence-electron chi connectivity index (χ1n) is 6.95. The number of amides is 1. The summed E-state index contributed by atoms with van der Waals surface area (Å²) in [4.78, 5) is 33.5. The van der Waals surface area contributed by atoms with E-state index in [9.17, 15) is 14.4 Å². The van der Waals surface area contributed by atoms with Crippen molar-refractivity contribution < 1.29 is 29.0 Å². The number of aliphatic carboxylic acids is 1. The first kappa shape index (κ1) is 19.2. The highest BCUT2D eigenvalue weighted by molar-refractivity contribution is 5.73. The number of carbonyl (C=O) groups is 3. The van der Waals surface area contributed by atoms with E-state index in [-0.39, 0.29) is 12.3 Å². The Hall–Kier alpha value is -1.79. The molecule has 0 aromatic carbocycles. The summed E-state index contributed by atoms with van der Waals surface area (Å²) in [6, 6.07) is 0. The number of nitrogens with one attached hydrogen (secondary N) is 1. The molecule has 1 amide bonds. The zero-order valence-electron chi connectivity index (χ0n) is 13.3. The van der Waals surface area contributed by atoms with Gasteiger partial charge in [-0.3, -0.25) is 9.59 Å². The molecule has 0 heterocycles. The van der Waals surface area contributed by atoms with Gasteiger partial charge in [0.25, 0.3) is 0 Å². The van der Waals surface area contributed by atoms with Crippen molar-refractivity contribution in [2.45, 2.75) is 65.7 Å². The molecular weight excluding hydrogens is 278 g/mol. The van der Waals surface area contributed by atoms with Crippen LogP contribution in [0.2, 0.25) is 0 Å². The molecule has 0 fully saturated rings. The molecule has 0 radical (unpaired) electrons. The minimum Gasteiger partial charge on any atom is -0.481 e. The van der Waals surface area contributed by atoms with Crippen molar-refractivity contribution in [3.05, 3.63) is 0 Å². The molecule has 0 aliphatic carbocycles. The van der Waals surface area contributed by atoms with Crippen LogP contribution >= 0.6 is 0 Å². The summed E-state index contributed by atoms with van der Waals surface area (Å²) in [5, 5.41) is 11.5. The highest BCUT2D eigenvalue weighted by atomic mass is 16.7. The maximum Gasteiger partial charge on any atom is 0.410 e. The van der Waals surface area contributed by atoms with Gasteiger partial charge in [-0.1, -0.05) is 20.3 Å². The summed E-state index contributed by atoms with van der Waals surface area (Å²) in [7, 11) is 0. The molecule has 3 atom stereocenters. The Morgan fingerprint density at radius 2 is 1.81 bits per heavy atom. The Labute approximate surface area is 125 Å². The third kappa shape index (κ3) is 8.88. The van der Waals surface area contributed by atoms with Gasteiger partial charge in [0.05, 0.1) is 12.0 Å². The Morgan fingerprint density at radius 1 is 1.24 bits per heavy atom. The third-order valence-corrected chi connectivity index (χ3v) is 3.05. The van der Waals surface area contributed by atoms with E-state index in [2.05, 4.69) is 10.1 Å². The van der Waals surface area contributed by atoms with Gasteiger partial charge in [-0.15, -0.1) is 0 Å². The number of carboxylic acid groups (broad SMARTS) is 1. The average Bonchev–Trinajstić information content (AvgIpc) is 2.24. The number of alkyl carbamates (subject to hydrolysis) is 1. The number of carbonyl (C=O) groups excluding carboxylic acids is 2. The lowest BCUT2D eigenvalue weighted by Crippen LogP contribution is -2.49. The highest BCUT2D eigenvalue weighted by Crippen LogP contribution is 2.23. The Balaban J connectivity index is 4.68. The summed E-state index contributed by atoms with van der Waals surface area (Å²) in [5.41, 5.74) is -0.922. The molecule has 0 aromatic rings. The van der Waals surface area contributed by atoms with Crippen LogP contribution in [0.25, 0.3) is 0 Å². The lowest BCUT2D eigenvalue weighted by atomic mass is 9.86. The number of esters is 1. The second-order valence-electron chi connectivity index (χ2n) is 5.56. The van der Waals surface area contributed by atoms with Crippen molar-refractivity contribution in [2.75, 3.05) is 0 Å². The maximum atomic E-state index is 11.8. The molecule has 0 aliphatic rings. The van der Waals surface area contributed by atoms with Gasteiger partial charge < -0.3 is 19.9 Å². The van der Waals surface area contributed by atoms with Gasteiger partial charge in [0.2, 0.25) is 6.29 Å². The normalized spacial score (nSPS) is 16.2. The number of carboxylic acids is 1. The van der Waals surface area contributed by atoms with Crippen molar-refractivity contribution in [3.63, 3.8) is 0 Å². The fourth-order valence-electron chi connectivity index (χ4n) is 2.10. The minimum absolute atomic E-state index is 0.214. The van der Waals surface area contributed by atoms with E-state index in [4.69, 9.17) is 9.84 Å². The first-order valence-corrected chi connectivity index (χ1v) is 6.95. The second kappa shape index (κ2) is 8.49. The van der Waals surface area contributed by atoms with Gasteiger partial charge in [-0.25, -0.2) is 4.79 Å². The highest BCUT2D eigenvalue weighted by Gasteiger charge is 2.32. The molecular formula is C14H25NO6. The van der Waals surface area contributed by atoms with E-state index in [1.54, 1.807) is 6.92 Å². The zero-order chi connectivity index (χ0) is 16.6. The van der Waals surface area contributed by atoms with Crippen molar-refractivity contribution in [1.82, 2.24) is 5.32 Å². The summed E-state index contributed by atoms with van der Waals surface area (Å²) in [5.74, 6) is -1.32. The van der Waals surface area contributed by atoms with Gasteiger partial charge in [-0.2, -0.15) is 0 Å². The molecule has 0 saturated carbocycles.